The molecule has 4 aromatic rings. The van der Waals surface area contributed by atoms with E-state index in [4.69, 9.17) is 4.74 Å². The van der Waals surface area contributed by atoms with Gasteiger partial charge < -0.3 is 46.4 Å². The maximum atomic E-state index is 14.1. The molecule has 16 heteroatoms. The van der Waals surface area contributed by atoms with Crippen LogP contribution in [0.2, 0.25) is 0 Å². The zero-order chi connectivity index (χ0) is 41.5. The fourth-order valence-electron chi connectivity index (χ4n) is 5.72. The summed E-state index contributed by atoms with van der Waals surface area (Å²) >= 11 is 0. The number of nitrogens with one attached hydrogen (secondary N) is 7. The van der Waals surface area contributed by atoms with Gasteiger partial charge in [0.05, 0.1) is 7.11 Å². The summed E-state index contributed by atoms with van der Waals surface area (Å²) in [5, 5.41) is 16.3. The van der Waals surface area contributed by atoms with E-state index >= 15 is 0 Å². The summed E-state index contributed by atoms with van der Waals surface area (Å²) in [6.07, 6.45) is 0.925. The van der Waals surface area contributed by atoms with Crippen molar-refractivity contribution in [1.29, 1.82) is 0 Å². The van der Waals surface area contributed by atoms with Crippen LogP contribution in [0.4, 0.5) is 4.79 Å². The van der Waals surface area contributed by atoms with Crippen LogP contribution >= 0.6 is 0 Å². The average Bonchev–Trinajstić information content (AvgIpc) is 3.62. The van der Waals surface area contributed by atoms with Crippen molar-refractivity contribution in [3.8, 4) is 0 Å². The van der Waals surface area contributed by atoms with Crippen molar-refractivity contribution in [3.63, 3.8) is 0 Å². The highest BCUT2D eigenvalue weighted by Crippen LogP contribution is 2.19. The van der Waals surface area contributed by atoms with Crippen molar-refractivity contribution in [3.05, 3.63) is 108 Å². The lowest BCUT2D eigenvalue weighted by molar-refractivity contribution is -0.144. The fourth-order valence-corrected chi connectivity index (χ4v) is 5.72. The molecule has 0 saturated heterocycles. The highest BCUT2D eigenvalue weighted by molar-refractivity contribution is 5.97. The Hall–Kier alpha value is -6.71. The van der Waals surface area contributed by atoms with Gasteiger partial charge in [-0.15, -0.1) is 0 Å². The molecule has 302 valence electrons. The first-order chi connectivity index (χ1) is 27.2. The Balaban J connectivity index is 1.47. The number of H-pyrrole nitrogens is 1. The number of benzene rings is 3. The predicted molar refractivity (Wildman–Crippen MR) is 210 cm³/mol. The minimum atomic E-state index is -1.23. The molecule has 57 heavy (non-hydrogen) atoms. The number of aromatic nitrogens is 1. The number of esters is 1. The SMILES string of the molecule is COC(=O)[C@H](C)NC(=O)[C@H](C)NC(=O)[C@H](Cc1c[nH]c2ccccc12)NC(=O)[C@H](Cc1ccccc1)NC(=O)[C@H](C)NC(=O)[C@H](C)NC(=O)OCc1ccccc1. The molecule has 16 nitrogen and oxygen atoms in total. The van der Waals surface area contributed by atoms with E-state index in [1.165, 1.54) is 34.8 Å². The van der Waals surface area contributed by atoms with E-state index in [2.05, 4.69) is 41.6 Å². The molecule has 7 N–H and O–H groups in total. The molecule has 1 aromatic heterocycles. The van der Waals surface area contributed by atoms with Crippen LogP contribution in [0.5, 0.6) is 0 Å². The highest BCUT2D eigenvalue weighted by atomic mass is 16.5. The van der Waals surface area contributed by atoms with Gasteiger partial charge >= 0.3 is 12.1 Å². The summed E-state index contributed by atoms with van der Waals surface area (Å²) < 4.78 is 9.84. The third kappa shape index (κ3) is 12.9. The molecule has 0 saturated carbocycles. The van der Waals surface area contributed by atoms with Gasteiger partial charge in [0.2, 0.25) is 29.5 Å². The van der Waals surface area contributed by atoms with Crippen LogP contribution in [-0.2, 0) is 57.7 Å². The molecule has 1 heterocycles. The van der Waals surface area contributed by atoms with E-state index < -0.39 is 77.8 Å². The van der Waals surface area contributed by atoms with Crippen LogP contribution in [-0.4, -0.2) is 89.9 Å². The zero-order valence-electron chi connectivity index (χ0n) is 32.4. The van der Waals surface area contributed by atoms with E-state index in [-0.39, 0.29) is 19.4 Å². The number of carbonyl (C=O) groups excluding carboxylic acids is 7. The Morgan fingerprint density at radius 2 is 1.02 bits per heavy atom. The first-order valence-corrected chi connectivity index (χ1v) is 18.4. The van der Waals surface area contributed by atoms with Crippen LogP contribution in [0.3, 0.4) is 0 Å². The van der Waals surface area contributed by atoms with E-state index in [1.807, 2.05) is 30.3 Å². The number of carbonyl (C=O) groups is 7. The molecular weight excluding hydrogens is 734 g/mol. The summed E-state index contributed by atoms with van der Waals surface area (Å²) in [4.78, 5) is 94.6. The summed E-state index contributed by atoms with van der Waals surface area (Å²) in [5.41, 5.74) is 2.97. The Bertz CT molecular complexity index is 2020. The van der Waals surface area contributed by atoms with Crippen molar-refractivity contribution in [2.24, 2.45) is 0 Å². The Labute approximate surface area is 330 Å². The Morgan fingerprint density at radius 1 is 0.544 bits per heavy atom. The molecule has 6 atom stereocenters. The van der Waals surface area contributed by atoms with Gasteiger partial charge in [-0.2, -0.15) is 0 Å². The van der Waals surface area contributed by atoms with Crippen LogP contribution in [0, 0.1) is 0 Å². The van der Waals surface area contributed by atoms with E-state index in [0.29, 0.717) is 11.1 Å². The molecule has 6 amide bonds. The Morgan fingerprint density at radius 3 is 1.65 bits per heavy atom. The summed E-state index contributed by atoms with van der Waals surface area (Å²) in [7, 11) is 1.19. The third-order valence-electron chi connectivity index (χ3n) is 9.01. The van der Waals surface area contributed by atoms with Crippen molar-refractivity contribution >= 4 is 52.5 Å². The molecule has 0 aliphatic rings. The summed E-state index contributed by atoms with van der Waals surface area (Å²) in [5.74, 6) is -4.11. The third-order valence-corrected chi connectivity index (χ3v) is 9.01. The quantitative estimate of drug-likeness (QED) is 0.0731. The minimum absolute atomic E-state index is 0.000330. The van der Waals surface area contributed by atoms with E-state index in [0.717, 1.165) is 16.5 Å². The molecule has 0 unspecified atom stereocenters. The molecule has 0 bridgehead atoms. The second-order valence-electron chi connectivity index (χ2n) is 13.5. The lowest BCUT2D eigenvalue weighted by atomic mass is 10.0. The molecule has 3 aromatic carbocycles. The molecule has 0 radical (unpaired) electrons. The van der Waals surface area contributed by atoms with E-state index in [9.17, 15) is 33.6 Å². The number of fused-ring (bicyclic) bond motifs is 1. The number of ether oxygens (including phenoxy) is 2. The van der Waals surface area contributed by atoms with Crippen molar-refractivity contribution < 1.29 is 43.0 Å². The molecule has 0 fully saturated rings. The van der Waals surface area contributed by atoms with Gasteiger partial charge in [-0.25, -0.2) is 9.59 Å². The zero-order valence-corrected chi connectivity index (χ0v) is 32.4. The summed E-state index contributed by atoms with van der Waals surface area (Å²) in [6.45, 7) is 5.72. The fraction of sp³-hybridized carbons (Fsp3) is 0.341. The Kier molecular flexibility index (Phi) is 15.7. The lowest BCUT2D eigenvalue weighted by Gasteiger charge is -2.26. The maximum Gasteiger partial charge on any atom is 0.408 e. The number of hydrogen-bond donors (Lipinski definition) is 7. The molecular formula is C41H49N7O9. The van der Waals surface area contributed by atoms with Crippen molar-refractivity contribution in [1.82, 2.24) is 36.9 Å². The van der Waals surface area contributed by atoms with Crippen LogP contribution in [0.1, 0.15) is 44.4 Å². The first kappa shape index (κ1) is 43.0. The number of amides is 6. The average molecular weight is 784 g/mol. The van der Waals surface area contributed by atoms with Crippen LogP contribution in [0.15, 0.2) is 91.1 Å². The maximum absolute atomic E-state index is 14.1. The second-order valence-corrected chi connectivity index (χ2v) is 13.5. The van der Waals surface area contributed by atoms with Gasteiger partial charge in [-0.3, -0.25) is 24.0 Å². The topological polar surface area (TPSA) is 226 Å². The number of aromatic amines is 1. The molecule has 4 rings (SSSR count). The number of alkyl carbamates (subject to hydrolysis) is 1. The van der Waals surface area contributed by atoms with Gasteiger partial charge in [-0.05, 0) is 50.5 Å². The highest BCUT2D eigenvalue weighted by Gasteiger charge is 2.31. The largest absolute Gasteiger partial charge is 0.467 e. The van der Waals surface area contributed by atoms with Gasteiger partial charge in [0.25, 0.3) is 0 Å². The molecule has 0 aliphatic heterocycles. The smallest absolute Gasteiger partial charge is 0.408 e. The standard InChI is InChI=1S/C41H49N7O9/c1-24(35(49)45-27(4)40(54)56-5)44-38(52)34(21-30-22-42-32-19-13-12-18-31(30)32)48-39(53)33(20-28-14-8-6-9-15-28)47-37(51)25(2)43-36(50)26(3)46-41(55)57-23-29-16-10-7-11-17-29/h6-19,22,24-27,33-34,42H,20-21,23H2,1-5H3,(H,43,50)(H,44,52)(H,45,49)(H,46,55)(H,47,51)(H,48,53)/t24-,25-,26-,27-,33-,34-/m0/s1. The van der Waals surface area contributed by atoms with Crippen molar-refractivity contribution in [2.75, 3.05) is 7.11 Å². The summed E-state index contributed by atoms with van der Waals surface area (Å²) in [6, 6.07) is 18.5. The monoisotopic (exact) mass is 783 g/mol. The van der Waals surface area contributed by atoms with Crippen LogP contribution < -0.4 is 31.9 Å². The van der Waals surface area contributed by atoms with Gasteiger partial charge in [-0.1, -0.05) is 78.9 Å². The normalized spacial score (nSPS) is 14.0. The van der Waals surface area contributed by atoms with E-state index in [1.54, 1.807) is 60.8 Å². The first-order valence-electron chi connectivity index (χ1n) is 18.4. The predicted octanol–water partition coefficient (Wildman–Crippen LogP) is 1.92. The van der Waals surface area contributed by atoms with Gasteiger partial charge in [0, 0.05) is 29.9 Å². The number of hydrogen-bond acceptors (Lipinski definition) is 9. The lowest BCUT2D eigenvalue weighted by Crippen LogP contribution is -2.59. The van der Waals surface area contributed by atoms with Crippen molar-refractivity contribution in [2.45, 2.75) is 83.4 Å². The second kappa shape index (κ2) is 20.8. The number of rotatable bonds is 18. The minimum Gasteiger partial charge on any atom is -0.467 e. The van der Waals surface area contributed by atoms with Gasteiger partial charge in [0.15, 0.2) is 0 Å². The number of methoxy groups -OCH3 is 1. The molecule has 0 spiro atoms. The van der Waals surface area contributed by atoms with Gasteiger partial charge in [0.1, 0.15) is 42.9 Å². The number of para-hydroxylation sites is 1. The van der Waals surface area contributed by atoms with Crippen LogP contribution in [0.25, 0.3) is 10.9 Å². The molecule has 0 aliphatic carbocycles.